The molecule has 2 aromatic rings. The van der Waals surface area contributed by atoms with Gasteiger partial charge >= 0.3 is 5.97 Å². The molecule has 0 bridgehead atoms. The molecule has 142 valence electrons. The number of hydrogen-bond acceptors (Lipinski definition) is 6. The minimum atomic E-state index is -0.764. The lowest BCUT2D eigenvalue weighted by molar-refractivity contribution is -0.127. The molecule has 0 saturated carbocycles. The molecule has 3 amide bonds. The van der Waals surface area contributed by atoms with E-state index in [0.29, 0.717) is 16.9 Å². The average molecular weight is 461 g/mol. The number of ether oxygens (including phenoxy) is 1. The second-order valence-corrected chi connectivity index (χ2v) is 7.61. The molecule has 0 aliphatic carbocycles. The Bertz CT molecular complexity index is 1000. The number of imide groups is 1. The number of nitrogens with two attached hydrogens (primary N) is 1. The third kappa shape index (κ3) is 4.68. The number of esters is 1. The van der Waals surface area contributed by atoms with Crippen LogP contribution in [0.2, 0.25) is 0 Å². The minimum Gasteiger partial charge on any atom is -0.423 e. The number of nitrogens with zero attached hydrogens (tertiary/aromatic N) is 1. The van der Waals surface area contributed by atoms with E-state index in [0.717, 1.165) is 21.1 Å². The van der Waals surface area contributed by atoms with Gasteiger partial charge in [-0.05, 0) is 53.7 Å². The molecule has 0 unspecified atom stereocenters. The second-order valence-electron chi connectivity index (χ2n) is 5.70. The van der Waals surface area contributed by atoms with Crippen LogP contribution in [0.25, 0.3) is 6.08 Å². The summed E-state index contributed by atoms with van der Waals surface area (Å²) < 4.78 is 6.08. The monoisotopic (exact) mass is 460 g/mol. The van der Waals surface area contributed by atoms with Crippen molar-refractivity contribution in [3.05, 3.63) is 69.0 Å². The third-order valence-electron chi connectivity index (χ3n) is 3.64. The van der Waals surface area contributed by atoms with Crippen LogP contribution in [0.4, 0.5) is 4.79 Å². The van der Waals surface area contributed by atoms with E-state index in [-0.39, 0.29) is 4.91 Å². The van der Waals surface area contributed by atoms with Crippen molar-refractivity contribution >= 4 is 56.8 Å². The fourth-order valence-electron chi connectivity index (χ4n) is 2.36. The van der Waals surface area contributed by atoms with Crippen LogP contribution in [0.5, 0.6) is 5.75 Å². The van der Waals surface area contributed by atoms with Crippen LogP contribution in [0.15, 0.2) is 57.9 Å². The number of carbonyl (C=O) groups is 4. The van der Waals surface area contributed by atoms with Crippen LogP contribution in [-0.4, -0.2) is 34.5 Å². The summed E-state index contributed by atoms with van der Waals surface area (Å²) >= 11 is 4.03. The molecule has 1 saturated heterocycles. The lowest BCUT2D eigenvalue weighted by Gasteiger charge is -2.08. The molecule has 1 heterocycles. The second kappa shape index (κ2) is 8.41. The zero-order valence-corrected chi connectivity index (χ0v) is 16.7. The fourth-order valence-corrected chi connectivity index (χ4v) is 3.59. The summed E-state index contributed by atoms with van der Waals surface area (Å²) in [5.41, 5.74) is 6.08. The molecule has 3 rings (SSSR count). The first-order valence-electron chi connectivity index (χ1n) is 7.95. The summed E-state index contributed by atoms with van der Waals surface area (Å²) in [6, 6.07) is 13.3. The zero-order chi connectivity index (χ0) is 20.3. The molecule has 0 radical (unpaired) electrons. The molecule has 0 atom stereocenters. The standard InChI is InChI=1S/C19H13BrN2O5S/c20-13-3-1-2-12(9-13)18(25)27-14-6-4-11(5-7-14)8-15-17(24)22(10-16(21)23)19(26)28-15/h1-9H,10H2,(H2,21,23)/b15-8-. The Labute approximate surface area is 172 Å². The van der Waals surface area contributed by atoms with Crippen molar-refractivity contribution in [2.24, 2.45) is 5.73 Å². The predicted octanol–water partition coefficient (Wildman–Crippen LogP) is 3.19. The van der Waals surface area contributed by atoms with E-state index in [4.69, 9.17) is 10.5 Å². The highest BCUT2D eigenvalue weighted by Crippen LogP contribution is 2.32. The molecule has 0 spiro atoms. The van der Waals surface area contributed by atoms with E-state index in [9.17, 15) is 19.2 Å². The Hall–Kier alpha value is -2.91. The van der Waals surface area contributed by atoms with Crippen molar-refractivity contribution < 1.29 is 23.9 Å². The molecule has 9 heteroatoms. The number of thioether (sulfide) groups is 1. The summed E-state index contributed by atoms with van der Waals surface area (Å²) in [6.45, 7) is -0.452. The third-order valence-corrected chi connectivity index (χ3v) is 5.04. The molecule has 1 aliphatic rings. The topological polar surface area (TPSA) is 107 Å². The van der Waals surface area contributed by atoms with Crippen molar-refractivity contribution in [2.45, 2.75) is 0 Å². The van der Waals surface area contributed by atoms with Gasteiger partial charge in [-0.3, -0.25) is 19.3 Å². The van der Waals surface area contributed by atoms with E-state index in [1.54, 1.807) is 48.5 Å². The highest BCUT2D eigenvalue weighted by molar-refractivity contribution is 9.10. The van der Waals surface area contributed by atoms with Crippen LogP contribution >= 0.6 is 27.7 Å². The van der Waals surface area contributed by atoms with Gasteiger partial charge in [0.25, 0.3) is 11.1 Å². The van der Waals surface area contributed by atoms with Crippen molar-refractivity contribution in [1.29, 1.82) is 0 Å². The summed E-state index contributed by atoms with van der Waals surface area (Å²) in [6.07, 6.45) is 1.52. The van der Waals surface area contributed by atoms with Gasteiger partial charge in [-0.1, -0.05) is 34.1 Å². The summed E-state index contributed by atoms with van der Waals surface area (Å²) in [5, 5.41) is -0.547. The first-order valence-corrected chi connectivity index (χ1v) is 9.56. The van der Waals surface area contributed by atoms with Crippen LogP contribution in [0.1, 0.15) is 15.9 Å². The largest absolute Gasteiger partial charge is 0.423 e. The highest BCUT2D eigenvalue weighted by atomic mass is 79.9. The molecule has 2 aromatic carbocycles. The van der Waals surface area contributed by atoms with E-state index < -0.39 is 29.6 Å². The van der Waals surface area contributed by atoms with Crippen molar-refractivity contribution in [3.8, 4) is 5.75 Å². The summed E-state index contributed by atoms with van der Waals surface area (Å²) in [4.78, 5) is 48.1. The van der Waals surface area contributed by atoms with Gasteiger partial charge < -0.3 is 10.5 Å². The van der Waals surface area contributed by atoms with Crippen LogP contribution < -0.4 is 10.5 Å². The van der Waals surface area contributed by atoms with Crippen LogP contribution in [0.3, 0.4) is 0 Å². The predicted molar refractivity (Wildman–Crippen MR) is 107 cm³/mol. The maximum absolute atomic E-state index is 12.2. The molecule has 0 aromatic heterocycles. The van der Waals surface area contributed by atoms with Gasteiger partial charge in [0.15, 0.2) is 0 Å². The first-order chi connectivity index (χ1) is 13.3. The molecule has 1 aliphatic heterocycles. The molecule has 1 fully saturated rings. The number of carbonyl (C=O) groups excluding carboxylic acids is 4. The van der Waals surface area contributed by atoms with Crippen molar-refractivity contribution in [1.82, 2.24) is 4.90 Å². The van der Waals surface area contributed by atoms with Crippen molar-refractivity contribution in [2.75, 3.05) is 6.54 Å². The Morgan fingerprint density at radius 3 is 2.50 bits per heavy atom. The first kappa shape index (κ1) is 19.8. The lowest BCUT2D eigenvalue weighted by atomic mass is 10.2. The molecular formula is C19H13BrN2O5S. The number of amides is 3. The molecular weight excluding hydrogens is 448 g/mol. The lowest BCUT2D eigenvalue weighted by Crippen LogP contribution is -2.36. The Morgan fingerprint density at radius 1 is 1.14 bits per heavy atom. The van der Waals surface area contributed by atoms with Gasteiger partial charge in [-0.25, -0.2) is 4.79 Å². The number of hydrogen-bond donors (Lipinski definition) is 1. The van der Waals surface area contributed by atoms with E-state index in [1.807, 2.05) is 0 Å². The Kier molecular flexibility index (Phi) is 5.96. The molecule has 28 heavy (non-hydrogen) atoms. The van der Waals surface area contributed by atoms with E-state index in [1.165, 1.54) is 6.08 Å². The van der Waals surface area contributed by atoms with E-state index >= 15 is 0 Å². The smallest absolute Gasteiger partial charge is 0.343 e. The zero-order valence-electron chi connectivity index (χ0n) is 14.3. The quantitative estimate of drug-likeness (QED) is 0.417. The molecule has 7 nitrogen and oxygen atoms in total. The van der Waals surface area contributed by atoms with Gasteiger partial charge in [-0.2, -0.15) is 0 Å². The van der Waals surface area contributed by atoms with Gasteiger partial charge in [0.1, 0.15) is 12.3 Å². The Morgan fingerprint density at radius 2 is 1.86 bits per heavy atom. The number of rotatable bonds is 5. The number of primary amides is 1. The maximum atomic E-state index is 12.2. The SMILES string of the molecule is NC(=O)CN1C(=O)S/C(=C\c2ccc(OC(=O)c3cccc(Br)c3)cc2)C1=O. The van der Waals surface area contributed by atoms with Crippen LogP contribution in [-0.2, 0) is 9.59 Å². The summed E-state index contributed by atoms with van der Waals surface area (Å²) in [7, 11) is 0. The molecule has 2 N–H and O–H groups in total. The van der Waals surface area contributed by atoms with Gasteiger partial charge in [0, 0.05) is 4.47 Å². The highest BCUT2D eigenvalue weighted by Gasteiger charge is 2.35. The average Bonchev–Trinajstić information content (AvgIpc) is 2.90. The maximum Gasteiger partial charge on any atom is 0.343 e. The van der Waals surface area contributed by atoms with E-state index in [2.05, 4.69) is 15.9 Å². The number of benzene rings is 2. The summed E-state index contributed by atoms with van der Waals surface area (Å²) in [5.74, 6) is -1.50. The van der Waals surface area contributed by atoms with Crippen LogP contribution in [0, 0.1) is 0 Å². The van der Waals surface area contributed by atoms with Gasteiger partial charge in [-0.15, -0.1) is 0 Å². The van der Waals surface area contributed by atoms with Gasteiger partial charge in [0.2, 0.25) is 5.91 Å². The normalized spacial score (nSPS) is 15.2. The number of halogens is 1. The fraction of sp³-hybridized carbons (Fsp3) is 0.0526. The minimum absolute atomic E-state index is 0.185. The van der Waals surface area contributed by atoms with Crippen molar-refractivity contribution in [3.63, 3.8) is 0 Å². The van der Waals surface area contributed by atoms with Gasteiger partial charge in [0.05, 0.1) is 10.5 Å². The Balaban J connectivity index is 1.70.